The van der Waals surface area contributed by atoms with Crippen molar-refractivity contribution in [2.24, 2.45) is 7.05 Å². The maximum absolute atomic E-state index is 10.9. The Hall–Kier alpha value is -2.06. The van der Waals surface area contributed by atoms with Crippen LogP contribution in [0.2, 0.25) is 0 Å². The lowest BCUT2D eigenvalue weighted by Crippen LogP contribution is -2.60. The van der Waals surface area contributed by atoms with Gasteiger partial charge < -0.3 is 10.0 Å². The third-order valence-corrected chi connectivity index (χ3v) is 6.33. The Labute approximate surface area is 143 Å². The molecule has 0 amide bonds. The fourth-order valence-corrected chi connectivity index (χ4v) is 5.14. The van der Waals surface area contributed by atoms with Gasteiger partial charge in [-0.25, -0.2) is 14.6 Å². The van der Waals surface area contributed by atoms with E-state index in [1.165, 1.54) is 28.7 Å². The number of rotatable bonds is 2. The molecule has 0 bridgehead atoms. The quantitative estimate of drug-likeness (QED) is 0.758. The molecule has 0 radical (unpaired) electrons. The Morgan fingerprint density at radius 3 is 2.83 bits per heavy atom. The lowest BCUT2D eigenvalue weighted by Gasteiger charge is -2.46. The molecule has 1 aliphatic carbocycles. The second kappa shape index (κ2) is 4.97. The van der Waals surface area contributed by atoms with Crippen molar-refractivity contribution in [1.29, 1.82) is 0 Å². The first-order valence-corrected chi connectivity index (χ1v) is 9.05. The molecular formula is C16H18N6OS. The zero-order valence-corrected chi connectivity index (χ0v) is 14.3. The van der Waals surface area contributed by atoms with E-state index in [4.69, 9.17) is 0 Å². The van der Waals surface area contributed by atoms with Crippen molar-refractivity contribution in [3.05, 3.63) is 28.7 Å². The van der Waals surface area contributed by atoms with Gasteiger partial charge >= 0.3 is 0 Å². The smallest absolute Gasteiger partial charge is 0.142 e. The highest BCUT2D eigenvalue weighted by molar-refractivity contribution is 7.19. The van der Waals surface area contributed by atoms with Gasteiger partial charge in [-0.2, -0.15) is 0 Å². The van der Waals surface area contributed by atoms with Gasteiger partial charge in [-0.3, -0.25) is 0 Å². The maximum Gasteiger partial charge on any atom is 0.142 e. The van der Waals surface area contributed by atoms with E-state index in [0.717, 1.165) is 29.2 Å². The Kier molecular flexibility index (Phi) is 2.96. The van der Waals surface area contributed by atoms with E-state index in [9.17, 15) is 5.11 Å². The van der Waals surface area contributed by atoms with Crippen LogP contribution >= 0.6 is 11.3 Å². The lowest BCUT2D eigenvalue weighted by molar-refractivity contribution is -0.000331. The molecule has 1 aliphatic heterocycles. The van der Waals surface area contributed by atoms with Gasteiger partial charge in [0.2, 0.25) is 0 Å². The molecule has 3 aromatic rings. The summed E-state index contributed by atoms with van der Waals surface area (Å²) in [5.41, 5.74) is 1.26. The first-order chi connectivity index (χ1) is 11.7. The van der Waals surface area contributed by atoms with Gasteiger partial charge in [-0.15, -0.1) is 16.4 Å². The molecule has 3 aromatic heterocycles. The number of aromatic nitrogens is 5. The highest BCUT2D eigenvalue weighted by atomic mass is 32.1. The van der Waals surface area contributed by atoms with E-state index in [-0.39, 0.29) is 0 Å². The van der Waals surface area contributed by atoms with Gasteiger partial charge in [0.25, 0.3) is 0 Å². The molecule has 1 fully saturated rings. The summed E-state index contributed by atoms with van der Waals surface area (Å²) >= 11 is 1.80. The normalized spacial score (nSPS) is 19.3. The summed E-state index contributed by atoms with van der Waals surface area (Å²) in [6.45, 7) is 1.01. The Morgan fingerprint density at radius 1 is 1.21 bits per heavy atom. The zero-order valence-electron chi connectivity index (χ0n) is 13.4. The van der Waals surface area contributed by atoms with Crippen molar-refractivity contribution in [1.82, 2.24) is 25.0 Å². The largest absolute Gasteiger partial charge is 0.380 e. The minimum absolute atomic E-state index is 0.505. The summed E-state index contributed by atoms with van der Waals surface area (Å²) in [6.07, 6.45) is 8.04. The summed E-state index contributed by atoms with van der Waals surface area (Å²) in [4.78, 5) is 13.7. The summed E-state index contributed by atoms with van der Waals surface area (Å²) < 4.78 is 1.64. The van der Waals surface area contributed by atoms with Crippen molar-refractivity contribution < 1.29 is 5.11 Å². The van der Waals surface area contributed by atoms with E-state index < -0.39 is 5.60 Å². The number of fused-ring (bicyclic) bond motifs is 3. The molecule has 5 rings (SSSR count). The van der Waals surface area contributed by atoms with Crippen molar-refractivity contribution >= 4 is 27.4 Å². The molecule has 7 nitrogen and oxygen atoms in total. The fraction of sp³-hybridized carbons (Fsp3) is 0.500. The molecule has 0 saturated carbocycles. The van der Waals surface area contributed by atoms with Gasteiger partial charge in [0.15, 0.2) is 0 Å². The van der Waals surface area contributed by atoms with Gasteiger partial charge in [0.05, 0.1) is 30.4 Å². The van der Waals surface area contributed by atoms with Crippen LogP contribution in [0.4, 0.5) is 5.82 Å². The first-order valence-electron chi connectivity index (χ1n) is 8.23. The second-order valence-electron chi connectivity index (χ2n) is 6.72. The van der Waals surface area contributed by atoms with Gasteiger partial charge in [0.1, 0.15) is 22.6 Å². The van der Waals surface area contributed by atoms with Crippen LogP contribution in [0.15, 0.2) is 12.5 Å². The number of β-amino-alcohol motifs (C(OH)–C–C–N with tert-alkyl or cyclic N) is 1. The minimum Gasteiger partial charge on any atom is -0.380 e. The van der Waals surface area contributed by atoms with E-state index in [2.05, 4.69) is 25.2 Å². The molecule has 0 unspecified atom stereocenters. The lowest BCUT2D eigenvalue weighted by atomic mass is 9.90. The molecule has 4 heterocycles. The number of hydrogen-bond acceptors (Lipinski definition) is 7. The van der Waals surface area contributed by atoms with Crippen molar-refractivity contribution in [3.63, 3.8) is 0 Å². The third kappa shape index (κ3) is 1.93. The number of aryl methyl sites for hydroxylation is 3. The van der Waals surface area contributed by atoms with E-state index in [0.29, 0.717) is 13.1 Å². The van der Waals surface area contributed by atoms with Crippen LogP contribution in [0.3, 0.4) is 0 Å². The summed E-state index contributed by atoms with van der Waals surface area (Å²) in [5.74, 6) is 0.958. The average Bonchev–Trinajstić information content (AvgIpc) is 3.15. The van der Waals surface area contributed by atoms with Gasteiger partial charge in [-0.05, 0) is 31.2 Å². The van der Waals surface area contributed by atoms with Crippen LogP contribution in [-0.4, -0.2) is 43.2 Å². The number of anilines is 1. The van der Waals surface area contributed by atoms with Crippen LogP contribution in [0.25, 0.3) is 10.2 Å². The first kappa shape index (κ1) is 14.3. The number of hydrogen-bond donors (Lipinski definition) is 1. The molecule has 8 heteroatoms. The highest BCUT2D eigenvalue weighted by Gasteiger charge is 2.46. The summed E-state index contributed by atoms with van der Waals surface area (Å²) in [7, 11) is 1.81. The predicted molar refractivity (Wildman–Crippen MR) is 91.2 cm³/mol. The van der Waals surface area contributed by atoms with E-state index in [1.807, 2.05) is 0 Å². The van der Waals surface area contributed by atoms with Crippen LogP contribution in [0.5, 0.6) is 0 Å². The van der Waals surface area contributed by atoms with Gasteiger partial charge in [-0.1, -0.05) is 5.21 Å². The molecule has 2 aliphatic rings. The number of nitrogens with zero attached hydrogens (tertiary/aromatic N) is 6. The predicted octanol–water partition coefficient (Wildman–Crippen LogP) is 1.41. The van der Waals surface area contributed by atoms with Crippen molar-refractivity contribution in [3.8, 4) is 0 Å². The van der Waals surface area contributed by atoms with Crippen LogP contribution < -0.4 is 4.90 Å². The van der Waals surface area contributed by atoms with Crippen LogP contribution in [0, 0.1) is 0 Å². The van der Waals surface area contributed by atoms with E-state index in [1.54, 1.807) is 35.6 Å². The monoisotopic (exact) mass is 342 g/mol. The van der Waals surface area contributed by atoms with Crippen molar-refractivity contribution in [2.45, 2.75) is 31.3 Å². The van der Waals surface area contributed by atoms with Crippen LogP contribution in [0.1, 0.15) is 29.0 Å². The Balaban J connectivity index is 1.53. The second-order valence-corrected chi connectivity index (χ2v) is 7.80. The number of aliphatic hydroxyl groups is 1. The summed E-state index contributed by atoms with van der Waals surface area (Å²) in [6, 6.07) is 0. The molecule has 24 heavy (non-hydrogen) atoms. The average molecular weight is 342 g/mol. The molecule has 1 N–H and O–H groups in total. The summed E-state index contributed by atoms with van der Waals surface area (Å²) in [5, 5.41) is 19.9. The molecule has 0 spiro atoms. The third-order valence-electron chi connectivity index (χ3n) is 5.13. The van der Waals surface area contributed by atoms with Crippen molar-refractivity contribution in [2.75, 3.05) is 18.0 Å². The van der Waals surface area contributed by atoms with Gasteiger partial charge in [0, 0.05) is 11.9 Å². The highest BCUT2D eigenvalue weighted by Crippen LogP contribution is 2.42. The molecule has 124 valence electrons. The molecule has 1 saturated heterocycles. The zero-order chi connectivity index (χ0) is 16.3. The SMILES string of the molecule is Cn1nncc1C1(O)CN(c2ncnc3sc4c(c23)CCCC4)C1. The van der Waals surface area contributed by atoms with Crippen LogP contribution in [-0.2, 0) is 25.5 Å². The van der Waals surface area contributed by atoms with E-state index >= 15 is 0 Å². The molecular weight excluding hydrogens is 324 g/mol. The number of thiophene rings is 1. The fourth-order valence-electron chi connectivity index (χ4n) is 3.92. The topological polar surface area (TPSA) is 80.0 Å². The Morgan fingerprint density at radius 2 is 2.04 bits per heavy atom. The molecule has 0 aromatic carbocycles. The minimum atomic E-state index is -0.911. The maximum atomic E-state index is 10.9. The molecule has 0 atom stereocenters. The Bertz CT molecular complexity index is 926. The standard InChI is InChI=1S/C16H18N6OS/c1-21-12(6-19-20-21)16(23)7-22(8-16)14-13-10-4-2-3-5-11(10)24-15(13)18-9-17-14/h6,9,23H,2-5,7-8H2,1H3.